The molecule has 2 amide bonds. The molecule has 0 atom stereocenters. The third-order valence-corrected chi connectivity index (χ3v) is 6.13. The molecule has 29 heavy (non-hydrogen) atoms. The Kier molecular flexibility index (Phi) is 6.11. The van der Waals surface area contributed by atoms with Crippen LogP contribution in [0.5, 0.6) is 0 Å². The molecular formula is C21H24Cl2N4O2. The third kappa shape index (κ3) is 4.59. The standard InChI is InChI=1S/C21H24Cl2N4O2/c22-15-7-8-18(17(23)11-15)27-19(13-5-6-13)16(12-26-27)21(29)25-10-9-24-20(28)14-3-1-2-4-14/h7-8,11-14H,1-6,9-10H2,(H,24,28)(H,25,29). The minimum Gasteiger partial charge on any atom is -0.354 e. The van der Waals surface area contributed by atoms with Crippen molar-refractivity contribution >= 4 is 35.0 Å². The van der Waals surface area contributed by atoms with E-state index in [0.29, 0.717) is 40.3 Å². The topological polar surface area (TPSA) is 76.0 Å². The predicted molar refractivity (Wildman–Crippen MR) is 113 cm³/mol. The van der Waals surface area contributed by atoms with Crippen LogP contribution in [0.3, 0.4) is 0 Å². The first-order valence-corrected chi connectivity index (χ1v) is 10.9. The van der Waals surface area contributed by atoms with Gasteiger partial charge in [-0.15, -0.1) is 0 Å². The van der Waals surface area contributed by atoms with Crippen LogP contribution in [0.15, 0.2) is 24.4 Å². The highest BCUT2D eigenvalue weighted by Gasteiger charge is 2.33. The van der Waals surface area contributed by atoms with E-state index in [1.807, 2.05) is 6.07 Å². The molecule has 4 rings (SSSR count). The molecule has 0 spiro atoms. The lowest BCUT2D eigenvalue weighted by Gasteiger charge is -2.12. The lowest BCUT2D eigenvalue weighted by Crippen LogP contribution is -2.37. The Morgan fingerprint density at radius 3 is 2.48 bits per heavy atom. The highest BCUT2D eigenvalue weighted by Crippen LogP contribution is 2.43. The molecular weight excluding hydrogens is 411 g/mol. The Balaban J connectivity index is 1.41. The van der Waals surface area contributed by atoms with Crippen molar-refractivity contribution in [3.8, 4) is 5.69 Å². The number of carbonyl (C=O) groups is 2. The van der Waals surface area contributed by atoms with Gasteiger partial charge < -0.3 is 10.6 Å². The number of benzene rings is 1. The Bertz CT molecular complexity index is 917. The van der Waals surface area contributed by atoms with Gasteiger partial charge in [0.1, 0.15) is 0 Å². The van der Waals surface area contributed by atoms with E-state index in [1.54, 1.807) is 23.0 Å². The first-order chi connectivity index (χ1) is 14.0. The van der Waals surface area contributed by atoms with Crippen LogP contribution in [0.4, 0.5) is 0 Å². The zero-order valence-electron chi connectivity index (χ0n) is 16.1. The lowest BCUT2D eigenvalue weighted by atomic mass is 10.1. The van der Waals surface area contributed by atoms with E-state index in [0.717, 1.165) is 44.2 Å². The van der Waals surface area contributed by atoms with Crippen molar-refractivity contribution in [3.05, 3.63) is 45.7 Å². The molecule has 1 aromatic heterocycles. The van der Waals surface area contributed by atoms with Crippen molar-refractivity contribution in [1.29, 1.82) is 0 Å². The zero-order valence-corrected chi connectivity index (χ0v) is 17.6. The minimum absolute atomic E-state index is 0.0978. The van der Waals surface area contributed by atoms with Gasteiger partial charge in [-0.3, -0.25) is 9.59 Å². The quantitative estimate of drug-likeness (QED) is 0.644. The Morgan fingerprint density at radius 2 is 1.79 bits per heavy atom. The second kappa shape index (κ2) is 8.76. The van der Waals surface area contributed by atoms with E-state index < -0.39 is 0 Å². The summed E-state index contributed by atoms with van der Waals surface area (Å²) in [5.74, 6) is 0.348. The number of nitrogens with zero attached hydrogens (tertiary/aromatic N) is 2. The minimum atomic E-state index is -0.182. The van der Waals surface area contributed by atoms with Crippen LogP contribution >= 0.6 is 23.2 Å². The van der Waals surface area contributed by atoms with E-state index in [-0.39, 0.29) is 17.7 Å². The van der Waals surface area contributed by atoms with Gasteiger partial charge in [-0.1, -0.05) is 36.0 Å². The second-order valence-corrected chi connectivity index (χ2v) is 8.60. The maximum atomic E-state index is 12.8. The summed E-state index contributed by atoms with van der Waals surface area (Å²) >= 11 is 12.4. The van der Waals surface area contributed by atoms with Crippen LogP contribution in [0.25, 0.3) is 5.69 Å². The molecule has 8 heteroatoms. The van der Waals surface area contributed by atoms with Crippen molar-refractivity contribution in [1.82, 2.24) is 20.4 Å². The summed E-state index contributed by atoms with van der Waals surface area (Å²) in [7, 11) is 0. The summed E-state index contributed by atoms with van der Waals surface area (Å²) < 4.78 is 1.74. The average Bonchev–Trinajstić information content (AvgIpc) is 3.20. The molecule has 0 saturated heterocycles. The highest BCUT2D eigenvalue weighted by atomic mass is 35.5. The molecule has 2 aliphatic rings. The van der Waals surface area contributed by atoms with Gasteiger partial charge in [0.05, 0.1) is 28.2 Å². The SMILES string of the molecule is O=C(NCCNC(=O)C1CCCC1)c1cnn(-c2ccc(Cl)cc2Cl)c1C1CC1. The number of rotatable bonds is 7. The van der Waals surface area contributed by atoms with Gasteiger partial charge in [-0.25, -0.2) is 4.68 Å². The van der Waals surface area contributed by atoms with Crippen molar-refractivity contribution in [2.75, 3.05) is 13.1 Å². The van der Waals surface area contributed by atoms with Crippen LogP contribution in [0.1, 0.15) is 60.5 Å². The van der Waals surface area contributed by atoms with Crippen LogP contribution in [0.2, 0.25) is 10.0 Å². The molecule has 0 bridgehead atoms. The van der Waals surface area contributed by atoms with Crippen molar-refractivity contribution in [2.45, 2.75) is 44.4 Å². The van der Waals surface area contributed by atoms with Gasteiger partial charge in [0.15, 0.2) is 0 Å². The molecule has 1 aromatic carbocycles. The second-order valence-electron chi connectivity index (χ2n) is 7.75. The highest BCUT2D eigenvalue weighted by molar-refractivity contribution is 6.35. The molecule has 0 aliphatic heterocycles. The van der Waals surface area contributed by atoms with Gasteiger partial charge in [-0.2, -0.15) is 5.10 Å². The molecule has 6 nitrogen and oxygen atoms in total. The van der Waals surface area contributed by atoms with E-state index in [9.17, 15) is 9.59 Å². The lowest BCUT2D eigenvalue weighted by molar-refractivity contribution is -0.124. The largest absolute Gasteiger partial charge is 0.354 e. The fourth-order valence-corrected chi connectivity index (χ4v) is 4.41. The molecule has 154 valence electrons. The van der Waals surface area contributed by atoms with E-state index in [2.05, 4.69) is 15.7 Å². The number of carbonyl (C=O) groups excluding carboxylic acids is 2. The molecule has 1 heterocycles. The Hall–Kier alpha value is -2.05. The van der Waals surface area contributed by atoms with E-state index >= 15 is 0 Å². The third-order valence-electron chi connectivity index (χ3n) is 5.59. The van der Waals surface area contributed by atoms with E-state index in [4.69, 9.17) is 23.2 Å². The molecule has 2 aliphatic carbocycles. The number of nitrogens with one attached hydrogen (secondary N) is 2. The first kappa shape index (κ1) is 20.2. The van der Waals surface area contributed by atoms with Crippen LogP contribution < -0.4 is 10.6 Å². The summed E-state index contributed by atoms with van der Waals surface area (Å²) in [4.78, 5) is 24.8. The normalized spacial score (nSPS) is 16.8. The summed E-state index contributed by atoms with van der Waals surface area (Å²) in [6, 6.07) is 5.24. The van der Waals surface area contributed by atoms with E-state index in [1.165, 1.54) is 0 Å². The average molecular weight is 435 g/mol. The fourth-order valence-electron chi connectivity index (χ4n) is 3.92. The Labute approximate surface area is 179 Å². The summed E-state index contributed by atoms with van der Waals surface area (Å²) in [6.45, 7) is 0.811. The van der Waals surface area contributed by atoms with Crippen molar-refractivity contribution in [3.63, 3.8) is 0 Å². The van der Waals surface area contributed by atoms with Gasteiger partial charge in [0.25, 0.3) is 5.91 Å². The number of hydrogen-bond donors (Lipinski definition) is 2. The maximum Gasteiger partial charge on any atom is 0.254 e. The van der Waals surface area contributed by atoms with Crippen LogP contribution in [0, 0.1) is 5.92 Å². The first-order valence-electron chi connectivity index (χ1n) is 10.1. The summed E-state index contributed by atoms with van der Waals surface area (Å²) in [5, 5.41) is 11.3. The number of aromatic nitrogens is 2. The van der Waals surface area contributed by atoms with Crippen molar-refractivity contribution in [2.24, 2.45) is 5.92 Å². The zero-order chi connectivity index (χ0) is 20.4. The molecule has 2 fully saturated rings. The van der Waals surface area contributed by atoms with Gasteiger partial charge >= 0.3 is 0 Å². The molecule has 0 unspecified atom stereocenters. The summed E-state index contributed by atoms with van der Waals surface area (Å²) in [5.41, 5.74) is 2.14. The molecule has 2 saturated carbocycles. The van der Waals surface area contributed by atoms with Gasteiger partial charge in [0.2, 0.25) is 5.91 Å². The monoisotopic (exact) mass is 434 g/mol. The predicted octanol–water partition coefficient (Wildman–Crippen LogP) is 4.09. The van der Waals surface area contributed by atoms with Crippen LogP contribution in [-0.4, -0.2) is 34.7 Å². The fraction of sp³-hybridized carbons (Fsp3) is 0.476. The summed E-state index contributed by atoms with van der Waals surface area (Å²) in [6.07, 6.45) is 7.82. The number of amides is 2. The van der Waals surface area contributed by atoms with Crippen molar-refractivity contribution < 1.29 is 9.59 Å². The van der Waals surface area contributed by atoms with Crippen LogP contribution in [-0.2, 0) is 4.79 Å². The molecule has 0 radical (unpaired) electrons. The van der Waals surface area contributed by atoms with Gasteiger partial charge in [-0.05, 0) is 43.9 Å². The smallest absolute Gasteiger partial charge is 0.254 e. The molecule has 2 N–H and O–H groups in total. The number of halogens is 2. The Morgan fingerprint density at radius 1 is 1.07 bits per heavy atom. The molecule has 2 aromatic rings. The van der Waals surface area contributed by atoms with Gasteiger partial charge in [0, 0.05) is 29.9 Å². The maximum absolute atomic E-state index is 12.8. The number of hydrogen-bond acceptors (Lipinski definition) is 3.